The fourth-order valence-corrected chi connectivity index (χ4v) is 3.78. The van der Waals surface area contributed by atoms with Crippen LogP contribution in [0.1, 0.15) is 17.2 Å². The summed E-state index contributed by atoms with van der Waals surface area (Å²) in [4.78, 5) is 32.9. The van der Waals surface area contributed by atoms with E-state index in [4.69, 9.17) is 4.74 Å². The van der Waals surface area contributed by atoms with E-state index in [1.165, 1.54) is 4.90 Å². The second-order valence-corrected chi connectivity index (χ2v) is 7.81. The van der Waals surface area contributed by atoms with Crippen LogP contribution in [0.3, 0.4) is 0 Å². The second kappa shape index (κ2) is 10.7. The summed E-state index contributed by atoms with van der Waals surface area (Å²) in [6, 6.07) is 17.5. The van der Waals surface area contributed by atoms with Gasteiger partial charge in [0, 0.05) is 37.3 Å². The molecule has 2 aromatic heterocycles. The number of pyridine rings is 1. The molecular formula is C25H26N6O3. The van der Waals surface area contributed by atoms with Crippen molar-refractivity contribution in [2.75, 3.05) is 25.2 Å². The number of anilines is 1. The first-order valence-electron chi connectivity index (χ1n) is 10.9. The quantitative estimate of drug-likeness (QED) is 0.387. The summed E-state index contributed by atoms with van der Waals surface area (Å²) < 4.78 is 6.62. The van der Waals surface area contributed by atoms with Crippen LogP contribution in [-0.4, -0.2) is 52.1 Å². The van der Waals surface area contributed by atoms with E-state index < -0.39 is 6.04 Å². The molecule has 0 fully saturated rings. The number of carbonyl (C=O) groups is 2. The Morgan fingerprint density at radius 2 is 1.97 bits per heavy atom. The highest BCUT2D eigenvalue weighted by Gasteiger charge is 2.33. The van der Waals surface area contributed by atoms with Crippen LogP contribution >= 0.6 is 0 Å². The molecule has 9 nitrogen and oxygen atoms in total. The molecule has 0 saturated carbocycles. The van der Waals surface area contributed by atoms with Crippen LogP contribution in [0.2, 0.25) is 0 Å². The summed E-state index contributed by atoms with van der Waals surface area (Å²) >= 11 is 0. The number of carbonyl (C=O) groups excluding carboxylic acids is 2. The van der Waals surface area contributed by atoms with Gasteiger partial charge in [-0.15, -0.1) is 5.10 Å². The minimum absolute atomic E-state index is 0.0867. The summed E-state index contributed by atoms with van der Waals surface area (Å²) in [5.41, 5.74) is 3.59. The summed E-state index contributed by atoms with van der Waals surface area (Å²) in [5, 5.41) is 11.2. The number of amides is 2. The Morgan fingerprint density at radius 3 is 2.74 bits per heavy atom. The van der Waals surface area contributed by atoms with Gasteiger partial charge in [-0.2, -0.15) is 0 Å². The van der Waals surface area contributed by atoms with Crippen molar-refractivity contribution in [3.8, 4) is 0 Å². The third kappa shape index (κ3) is 5.10. The van der Waals surface area contributed by atoms with Crippen LogP contribution in [0.15, 0.2) is 73.1 Å². The number of ether oxygens (including phenoxy) is 1. The molecule has 0 radical (unpaired) electrons. The standard InChI is InChI=1S/C25H26N6O3/c1-18-7-5-9-20(15-18)31(23(32)17-30-22-11-4-3-10-21(22)28-29-30)24(19-8-6-12-26-16-19)25(33)27-13-14-34-2/h3-12,15-16,24H,13-14,17H2,1-2H3,(H,27,33)/t24-/m1/s1. The molecule has 0 spiro atoms. The summed E-state index contributed by atoms with van der Waals surface area (Å²) in [6.07, 6.45) is 3.23. The molecule has 4 rings (SSSR count). The van der Waals surface area contributed by atoms with Crippen LogP contribution in [0.5, 0.6) is 0 Å². The van der Waals surface area contributed by atoms with Crippen LogP contribution in [0.4, 0.5) is 5.69 Å². The van der Waals surface area contributed by atoms with Gasteiger partial charge >= 0.3 is 0 Å². The third-order valence-corrected chi connectivity index (χ3v) is 5.37. The molecule has 174 valence electrons. The van der Waals surface area contributed by atoms with Gasteiger partial charge in [0.2, 0.25) is 11.8 Å². The molecule has 2 heterocycles. The van der Waals surface area contributed by atoms with Crippen molar-refractivity contribution in [1.82, 2.24) is 25.3 Å². The van der Waals surface area contributed by atoms with E-state index in [1.807, 2.05) is 55.5 Å². The van der Waals surface area contributed by atoms with Crippen molar-refractivity contribution in [1.29, 1.82) is 0 Å². The number of para-hydroxylation sites is 1. The lowest BCUT2D eigenvalue weighted by molar-refractivity contribution is -0.127. The third-order valence-electron chi connectivity index (χ3n) is 5.37. The monoisotopic (exact) mass is 458 g/mol. The lowest BCUT2D eigenvalue weighted by atomic mass is 10.0. The molecule has 1 atom stereocenters. The first-order chi connectivity index (χ1) is 16.6. The van der Waals surface area contributed by atoms with Gasteiger partial charge in [-0.25, -0.2) is 4.68 Å². The van der Waals surface area contributed by atoms with Crippen molar-refractivity contribution in [2.45, 2.75) is 19.5 Å². The molecule has 0 unspecified atom stereocenters. The number of aromatic nitrogens is 4. The number of nitrogens with one attached hydrogen (secondary N) is 1. The first-order valence-corrected chi connectivity index (χ1v) is 10.9. The molecule has 0 aliphatic carbocycles. The first kappa shape index (κ1) is 23.1. The Balaban J connectivity index is 1.76. The normalized spacial score (nSPS) is 11.8. The largest absolute Gasteiger partial charge is 0.383 e. The fraction of sp³-hybridized carbons (Fsp3) is 0.240. The van der Waals surface area contributed by atoms with Gasteiger partial charge in [-0.05, 0) is 42.8 Å². The molecule has 9 heteroatoms. The van der Waals surface area contributed by atoms with E-state index in [2.05, 4.69) is 20.6 Å². The van der Waals surface area contributed by atoms with Crippen molar-refractivity contribution in [3.05, 3.63) is 84.2 Å². The molecule has 0 bridgehead atoms. The zero-order chi connectivity index (χ0) is 23.9. The van der Waals surface area contributed by atoms with Crippen LogP contribution in [-0.2, 0) is 20.9 Å². The van der Waals surface area contributed by atoms with Gasteiger partial charge in [0.1, 0.15) is 18.1 Å². The smallest absolute Gasteiger partial charge is 0.249 e. The molecule has 0 saturated heterocycles. The van der Waals surface area contributed by atoms with Crippen LogP contribution < -0.4 is 10.2 Å². The van der Waals surface area contributed by atoms with Gasteiger partial charge in [-0.3, -0.25) is 19.5 Å². The zero-order valence-corrected chi connectivity index (χ0v) is 19.1. The van der Waals surface area contributed by atoms with Crippen molar-refractivity contribution >= 4 is 28.5 Å². The van der Waals surface area contributed by atoms with Gasteiger partial charge in [0.15, 0.2) is 0 Å². The Morgan fingerprint density at radius 1 is 1.12 bits per heavy atom. The zero-order valence-electron chi connectivity index (χ0n) is 19.1. The predicted molar refractivity (Wildman–Crippen MR) is 128 cm³/mol. The van der Waals surface area contributed by atoms with E-state index in [0.29, 0.717) is 29.9 Å². The molecule has 4 aromatic rings. The number of aryl methyl sites for hydroxylation is 1. The predicted octanol–water partition coefficient (Wildman–Crippen LogP) is 2.67. The molecule has 0 aliphatic rings. The number of hydrogen-bond donors (Lipinski definition) is 1. The Bertz CT molecular complexity index is 1270. The number of benzene rings is 2. The second-order valence-electron chi connectivity index (χ2n) is 7.81. The van der Waals surface area contributed by atoms with E-state index in [9.17, 15) is 9.59 Å². The van der Waals surface area contributed by atoms with Crippen LogP contribution in [0.25, 0.3) is 11.0 Å². The highest BCUT2D eigenvalue weighted by atomic mass is 16.5. The number of hydrogen-bond acceptors (Lipinski definition) is 6. The Labute approximate surface area is 197 Å². The average molecular weight is 459 g/mol. The SMILES string of the molecule is COCCNC(=O)[C@@H](c1cccnc1)N(C(=O)Cn1nnc2ccccc21)c1cccc(C)c1. The fourth-order valence-electron chi connectivity index (χ4n) is 3.78. The minimum Gasteiger partial charge on any atom is -0.383 e. The number of rotatable bonds is 9. The van der Waals surface area contributed by atoms with E-state index in [1.54, 1.807) is 36.3 Å². The Hall–Kier alpha value is -4.11. The van der Waals surface area contributed by atoms with Gasteiger partial charge in [0.25, 0.3) is 0 Å². The van der Waals surface area contributed by atoms with Crippen molar-refractivity contribution in [3.63, 3.8) is 0 Å². The maximum absolute atomic E-state index is 13.8. The molecule has 2 amide bonds. The van der Waals surface area contributed by atoms with Gasteiger partial charge < -0.3 is 10.1 Å². The van der Waals surface area contributed by atoms with E-state index in [-0.39, 0.29) is 18.4 Å². The summed E-state index contributed by atoms with van der Waals surface area (Å²) in [5.74, 6) is -0.639. The van der Waals surface area contributed by atoms with E-state index >= 15 is 0 Å². The molecular weight excluding hydrogens is 432 g/mol. The summed E-state index contributed by atoms with van der Waals surface area (Å²) in [7, 11) is 1.57. The topological polar surface area (TPSA) is 102 Å². The molecule has 2 aromatic carbocycles. The minimum atomic E-state index is -0.936. The molecule has 34 heavy (non-hydrogen) atoms. The molecule has 0 aliphatic heterocycles. The van der Waals surface area contributed by atoms with Gasteiger partial charge in [0.05, 0.1) is 12.1 Å². The number of methoxy groups -OCH3 is 1. The highest BCUT2D eigenvalue weighted by molar-refractivity contribution is 6.01. The van der Waals surface area contributed by atoms with Crippen LogP contribution in [0, 0.1) is 6.92 Å². The van der Waals surface area contributed by atoms with E-state index in [0.717, 1.165) is 11.1 Å². The van der Waals surface area contributed by atoms with Crippen molar-refractivity contribution < 1.29 is 14.3 Å². The maximum atomic E-state index is 13.8. The van der Waals surface area contributed by atoms with Crippen molar-refractivity contribution in [2.24, 2.45) is 0 Å². The average Bonchev–Trinajstić information content (AvgIpc) is 3.25. The lowest BCUT2D eigenvalue weighted by Gasteiger charge is -2.31. The summed E-state index contributed by atoms with van der Waals surface area (Å²) in [6.45, 7) is 2.52. The Kier molecular flexibility index (Phi) is 7.24. The molecule has 1 N–H and O–H groups in total. The highest BCUT2D eigenvalue weighted by Crippen LogP contribution is 2.29. The number of fused-ring (bicyclic) bond motifs is 1. The maximum Gasteiger partial charge on any atom is 0.249 e. The lowest BCUT2D eigenvalue weighted by Crippen LogP contribution is -2.46. The number of nitrogens with zero attached hydrogens (tertiary/aromatic N) is 5. The van der Waals surface area contributed by atoms with Gasteiger partial charge in [-0.1, -0.05) is 35.5 Å².